The number of halogens is 2. The Hall–Kier alpha value is -0.580. The van der Waals surface area contributed by atoms with Crippen LogP contribution in [0.15, 0.2) is 22.7 Å². The lowest BCUT2D eigenvalue weighted by molar-refractivity contribution is -0.137. The molecular formula is C10H11BrClNO2. The van der Waals surface area contributed by atoms with E-state index in [1.807, 2.05) is 6.07 Å². The van der Waals surface area contributed by atoms with Crippen molar-refractivity contribution in [2.75, 3.05) is 0 Å². The van der Waals surface area contributed by atoms with Gasteiger partial charge in [0.1, 0.15) is 0 Å². The number of rotatable bonds is 4. The van der Waals surface area contributed by atoms with E-state index in [1.165, 1.54) is 0 Å². The molecule has 0 aromatic heterocycles. The minimum atomic E-state index is -0.853. The molecule has 0 aliphatic heterocycles. The van der Waals surface area contributed by atoms with Crippen LogP contribution in [-0.2, 0) is 4.79 Å². The summed E-state index contributed by atoms with van der Waals surface area (Å²) in [5, 5.41) is 9.11. The lowest BCUT2D eigenvalue weighted by atomic mass is 10.0. The molecule has 1 rings (SSSR count). The monoisotopic (exact) mass is 291 g/mol. The Morgan fingerprint density at radius 2 is 2.27 bits per heavy atom. The van der Waals surface area contributed by atoms with Crippen molar-refractivity contribution >= 4 is 33.5 Å². The molecule has 0 aliphatic rings. The van der Waals surface area contributed by atoms with E-state index in [0.717, 1.165) is 10.0 Å². The summed E-state index contributed by atoms with van der Waals surface area (Å²) in [6, 6.07) is 5.02. The fraction of sp³-hybridized carbons (Fsp3) is 0.300. The third-order valence-corrected chi connectivity index (χ3v) is 3.06. The van der Waals surface area contributed by atoms with Crippen LogP contribution in [0.5, 0.6) is 0 Å². The number of hydrogen-bond donors (Lipinski definition) is 2. The highest BCUT2D eigenvalue weighted by Crippen LogP contribution is 2.31. The summed E-state index contributed by atoms with van der Waals surface area (Å²) in [7, 11) is 0. The summed E-state index contributed by atoms with van der Waals surface area (Å²) in [6.45, 7) is 0. The highest BCUT2D eigenvalue weighted by atomic mass is 79.9. The Kier molecular flexibility index (Phi) is 4.57. The minimum absolute atomic E-state index is 0.0405. The van der Waals surface area contributed by atoms with E-state index in [1.54, 1.807) is 12.1 Å². The lowest BCUT2D eigenvalue weighted by Crippen LogP contribution is -2.13. The molecule has 0 spiro atoms. The van der Waals surface area contributed by atoms with Gasteiger partial charge in [-0.15, -0.1) is 0 Å². The van der Waals surface area contributed by atoms with Crippen molar-refractivity contribution < 1.29 is 9.90 Å². The summed E-state index contributed by atoms with van der Waals surface area (Å²) in [6.07, 6.45) is 0.413. The predicted molar refractivity (Wildman–Crippen MR) is 63.0 cm³/mol. The van der Waals surface area contributed by atoms with Gasteiger partial charge < -0.3 is 10.8 Å². The van der Waals surface area contributed by atoms with Crippen LogP contribution >= 0.6 is 27.5 Å². The number of benzene rings is 1. The van der Waals surface area contributed by atoms with Crippen LogP contribution in [0.4, 0.5) is 0 Å². The standard InChI is InChI=1S/C10H11BrClNO2/c11-6-2-1-3-7(12)10(6)8(13)4-5-9(14)15/h1-3,8H,4-5,13H2,(H,14,15). The van der Waals surface area contributed by atoms with Gasteiger partial charge in [0.25, 0.3) is 0 Å². The smallest absolute Gasteiger partial charge is 0.303 e. The predicted octanol–water partition coefficient (Wildman–Crippen LogP) is 2.97. The van der Waals surface area contributed by atoms with Crippen molar-refractivity contribution in [3.05, 3.63) is 33.3 Å². The van der Waals surface area contributed by atoms with Crippen molar-refractivity contribution in [2.24, 2.45) is 5.73 Å². The van der Waals surface area contributed by atoms with Gasteiger partial charge in [0, 0.05) is 27.5 Å². The normalized spacial score (nSPS) is 12.5. The highest BCUT2D eigenvalue weighted by molar-refractivity contribution is 9.10. The SMILES string of the molecule is NC(CCC(=O)O)c1c(Cl)cccc1Br. The van der Waals surface area contributed by atoms with Crippen LogP contribution in [0.1, 0.15) is 24.4 Å². The fourth-order valence-electron chi connectivity index (χ4n) is 1.29. The average molecular weight is 293 g/mol. The second kappa shape index (κ2) is 5.49. The molecule has 1 aromatic rings. The van der Waals surface area contributed by atoms with Gasteiger partial charge in [-0.1, -0.05) is 33.6 Å². The number of carbonyl (C=O) groups is 1. The molecule has 5 heteroatoms. The van der Waals surface area contributed by atoms with E-state index in [-0.39, 0.29) is 12.5 Å². The molecule has 1 unspecified atom stereocenters. The summed E-state index contributed by atoms with van der Waals surface area (Å²) in [5.74, 6) is -0.853. The van der Waals surface area contributed by atoms with E-state index < -0.39 is 5.97 Å². The zero-order valence-corrected chi connectivity index (χ0v) is 10.3. The Morgan fingerprint density at radius 1 is 1.60 bits per heavy atom. The van der Waals surface area contributed by atoms with Crippen LogP contribution in [0.2, 0.25) is 5.02 Å². The molecule has 82 valence electrons. The Bertz CT molecular complexity index is 350. The number of hydrogen-bond acceptors (Lipinski definition) is 2. The molecule has 0 aliphatic carbocycles. The van der Waals surface area contributed by atoms with E-state index in [4.69, 9.17) is 22.4 Å². The van der Waals surface area contributed by atoms with E-state index >= 15 is 0 Å². The maximum absolute atomic E-state index is 10.4. The zero-order valence-electron chi connectivity index (χ0n) is 7.91. The van der Waals surface area contributed by atoms with Crippen molar-refractivity contribution in [2.45, 2.75) is 18.9 Å². The molecule has 0 fully saturated rings. The molecule has 0 bridgehead atoms. The van der Waals surface area contributed by atoms with Crippen LogP contribution in [0, 0.1) is 0 Å². The summed E-state index contributed by atoms with van der Waals surface area (Å²) < 4.78 is 0.813. The van der Waals surface area contributed by atoms with Gasteiger partial charge >= 0.3 is 5.97 Å². The van der Waals surface area contributed by atoms with Gasteiger partial charge in [0.05, 0.1) is 0 Å². The maximum Gasteiger partial charge on any atom is 0.303 e. The molecule has 0 heterocycles. The van der Waals surface area contributed by atoms with Crippen LogP contribution in [-0.4, -0.2) is 11.1 Å². The number of nitrogens with two attached hydrogens (primary N) is 1. The Balaban J connectivity index is 2.81. The second-order valence-electron chi connectivity index (χ2n) is 3.17. The van der Waals surface area contributed by atoms with Crippen molar-refractivity contribution in [3.8, 4) is 0 Å². The van der Waals surface area contributed by atoms with Gasteiger partial charge in [0.2, 0.25) is 0 Å². The molecule has 0 saturated carbocycles. The Labute approximate surface area is 101 Å². The van der Waals surface area contributed by atoms with Gasteiger partial charge in [0.15, 0.2) is 0 Å². The fourth-order valence-corrected chi connectivity index (χ4v) is 2.38. The van der Waals surface area contributed by atoms with E-state index in [9.17, 15) is 4.79 Å². The largest absolute Gasteiger partial charge is 0.481 e. The molecule has 0 saturated heterocycles. The minimum Gasteiger partial charge on any atom is -0.481 e. The third kappa shape index (κ3) is 3.48. The lowest BCUT2D eigenvalue weighted by Gasteiger charge is -2.14. The molecule has 1 atom stereocenters. The molecule has 15 heavy (non-hydrogen) atoms. The first-order chi connectivity index (χ1) is 7.02. The number of carboxylic acids is 1. The quantitative estimate of drug-likeness (QED) is 0.897. The van der Waals surface area contributed by atoms with Crippen molar-refractivity contribution in [1.82, 2.24) is 0 Å². The number of aliphatic carboxylic acids is 1. The van der Waals surface area contributed by atoms with Crippen LogP contribution in [0.25, 0.3) is 0 Å². The van der Waals surface area contributed by atoms with Crippen LogP contribution in [0.3, 0.4) is 0 Å². The zero-order chi connectivity index (χ0) is 11.4. The first-order valence-electron chi connectivity index (χ1n) is 4.43. The first kappa shape index (κ1) is 12.5. The van der Waals surface area contributed by atoms with E-state index in [0.29, 0.717) is 11.4 Å². The molecular weight excluding hydrogens is 281 g/mol. The summed E-state index contributed by atoms with van der Waals surface area (Å²) in [4.78, 5) is 10.4. The highest BCUT2D eigenvalue weighted by Gasteiger charge is 2.14. The van der Waals surface area contributed by atoms with Crippen molar-refractivity contribution in [1.29, 1.82) is 0 Å². The van der Waals surface area contributed by atoms with Gasteiger partial charge in [-0.3, -0.25) is 4.79 Å². The van der Waals surface area contributed by atoms with Crippen molar-refractivity contribution in [3.63, 3.8) is 0 Å². The van der Waals surface area contributed by atoms with E-state index in [2.05, 4.69) is 15.9 Å². The third-order valence-electron chi connectivity index (χ3n) is 2.04. The van der Waals surface area contributed by atoms with Gasteiger partial charge in [-0.2, -0.15) is 0 Å². The van der Waals surface area contributed by atoms with Gasteiger partial charge in [-0.25, -0.2) is 0 Å². The number of carboxylic acid groups (broad SMARTS) is 1. The second-order valence-corrected chi connectivity index (χ2v) is 4.44. The maximum atomic E-state index is 10.4. The van der Waals surface area contributed by atoms with Crippen LogP contribution < -0.4 is 5.73 Å². The molecule has 3 nitrogen and oxygen atoms in total. The molecule has 1 aromatic carbocycles. The first-order valence-corrected chi connectivity index (χ1v) is 5.60. The topological polar surface area (TPSA) is 63.3 Å². The summed E-state index contributed by atoms with van der Waals surface area (Å²) >= 11 is 9.33. The molecule has 3 N–H and O–H groups in total. The average Bonchev–Trinajstić information content (AvgIpc) is 2.14. The molecule has 0 amide bonds. The Morgan fingerprint density at radius 3 is 2.80 bits per heavy atom. The summed E-state index contributed by atoms with van der Waals surface area (Å²) in [5.41, 5.74) is 6.63. The molecule has 0 radical (unpaired) electrons. The van der Waals surface area contributed by atoms with Gasteiger partial charge in [-0.05, 0) is 18.6 Å².